The van der Waals surface area contributed by atoms with Gasteiger partial charge in [0.15, 0.2) is 5.96 Å². The Morgan fingerprint density at radius 1 is 1.32 bits per heavy atom. The van der Waals surface area contributed by atoms with Crippen LogP contribution in [0.25, 0.3) is 0 Å². The third-order valence-corrected chi connectivity index (χ3v) is 4.10. The molecule has 0 unspecified atom stereocenters. The van der Waals surface area contributed by atoms with Gasteiger partial charge in [0.2, 0.25) is 0 Å². The number of nitrogens with one attached hydrogen (secondary N) is 1. The van der Waals surface area contributed by atoms with E-state index in [-0.39, 0.29) is 0 Å². The number of nitrogens with zero attached hydrogens (tertiary/aromatic N) is 4. The Bertz CT molecular complexity index is 659. The van der Waals surface area contributed by atoms with Gasteiger partial charge in [-0.05, 0) is 29.5 Å². The molecule has 2 heterocycles. The van der Waals surface area contributed by atoms with Crippen molar-refractivity contribution in [3.63, 3.8) is 0 Å². The lowest BCUT2D eigenvalue weighted by Crippen LogP contribution is -2.44. The molecule has 2 aromatic rings. The van der Waals surface area contributed by atoms with E-state index in [0.717, 1.165) is 38.4 Å². The van der Waals surface area contributed by atoms with Crippen molar-refractivity contribution in [2.24, 2.45) is 12.0 Å². The van der Waals surface area contributed by atoms with Crippen molar-refractivity contribution in [2.75, 3.05) is 20.1 Å². The lowest BCUT2D eigenvalue weighted by atomic mass is 10.0. The normalized spacial score (nSPS) is 14.8. The maximum atomic E-state index is 4.43. The summed E-state index contributed by atoms with van der Waals surface area (Å²) in [4.78, 5) is 6.76. The Labute approximate surface area is 131 Å². The van der Waals surface area contributed by atoms with Crippen LogP contribution in [0.1, 0.15) is 16.7 Å². The molecule has 0 atom stereocenters. The molecule has 5 nitrogen and oxygen atoms in total. The molecule has 1 aliphatic heterocycles. The third-order valence-electron chi connectivity index (χ3n) is 4.10. The summed E-state index contributed by atoms with van der Waals surface area (Å²) in [6.07, 6.45) is 6.01. The average molecular weight is 297 g/mol. The van der Waals surface area contributed by atoms with Crippen molar-refractivity contribution in [2.45, 2.75) is 19.4 Å². The van der Waals surface area contributed by atoms with E-state index in [9.17, 15) is 0 Å². The van der Waals surface area contributed by atoms with E-state index in [1.54, 1.807) is 0 Å². The minimum atomic E-state index is 0.872. The van der Waals surface area contributed by atoms with Crippen LogP contribution < -0.4 is 5.32 Å². The summed E-state index contributed by atoms with van der Waals surface area (Å²) in [6.45, 7) is 2.82. The fraction of sp³-hybridized carbons (Fsp3) is 0.412. The molecule has 0 bridgehead atoms. The van der Waals surface area contributed by atoms with Crippen molar-refractivity contribution in [3.8, 4) is 0 Å². The van der Waals surface area contributed by atoms with E-state index in [2.05, 4.69) is 50.8 Å². The van der Waals surface area contributed by atoms with Gasteiger partial charge < -0.3 is 10.2 Å². The van der Waals surface area contributed by atoms with Crippen LogP contribution in [-0.2, 0) is 26.4 Å². The number of guanidine groups is 1. The predicted octanol–water partition coefficient (Wildman–Crippen LogP) is 1.60. The molecule has 1 N–H and O–H groups in total. The third kappa shape index (κ3) is 3.30. The Balaban J connectivity index is 1.56. The smallest absolute Gasteiger partial charge is 0.193 e. The standard InChI is InChI=1S/C17H23N5/c1-18-17(19-9-7-14-11-20-21(2)12-14)22-10-8-15-5-3-4-6-16(15)13-22/h3-6,11-12H,7-10,13H2,1-2H3,(H,18,19). The monoisotopic (exact) mass is 297 g/mol. The predicted molar refractivity (Wildman–Crippen MR) is 88.8 cm³/mol. The molecule has 22 heavy (non-hydrogen) atoms. The quantitative estimate of drug-likeness (QED) is 0.691. The van der Waals surface area contributed by atoms with Gasteiger partial charge in [-0.2, -0.15) is 5.10 Å². The van der Waals surface area contributed by atoms with Crippen LogP contribution >= 0.6 is 0 Å². The second-order valence-corrected chi connectivity index (χ2v) is 5.69. The van der Waals surface area contributed by atoms with Crippen molar-refractivity contribution in [1.82, 2.24) is 20.0 Å². The van der Waals surface area contributed by atoms with Crippen LogP contribution in [-0.4, -0.2) is 40.8 Å². The molecule has 1 aromatic carbocycles. The molecule has 0 saturated heterocycles. The van der Waals surface area contributed by atoms with Crippen LogP contribution in [0.3, 0.4) is 0 Å². The summed E-state index contributed by atoms with van der Waals surface area (Å²) in [5.74, 6) is 0.985. The van der Waals surface area contributed by atoms with Crippen LogP contribution in [0, 0.1) is 0 Å². The number of benzene rings is 1. The van der Waals surface area contributed by atoms with E-state index in [4.69, 9.17) is 0 Å². The molecule has 5 heteroatoms. The second kappa shape index (κ2) is 6.64. The Kier molecular flexibility index (Phi) is 4.42. The van der Waals surface area contributed by atoms with Gasteiger partial charge in [-0.25, -0.2) is 0 Å². The number of aliphatic imine (C=N–C) groups is 1. The van der Waals surface area contributed by atoms with Gasteiger partial charge in [0.05, 0.1) is 6.20 Å². The number of hydrogen-bond donors (Lipinski definition) is 1. The highest BCUT2D eigenvalue weighted by molar-refractivity contribution is 5.80. The lowest BCUT2D eigenvalue weighted by Gasteiger charge is -2.31. The number of fused-ring (bicyclic) bond motifs is 1. The van der Waals surface area contributed by atoms with Gasteiger partial charge in [-0.3, -0.25) is 9.67 Å². The molecule has 0 aliphatic carbocycles. The highest BCUT2D eigenvalue weighted by atomic mass is 15.3. The molecular weight excluding hydrogens is 274 g/mol. The summed E-state index contributed by atoms with van der Waals surface area (Å²) in [7, 11) is 3.80. The Morgan fingerprint density at radius 2 is 2.14 bits per heavy atom. The lowest BCUT2D eigenvalue weighted by molar-refractivity contribution is 0.379. The van der Waals surface area contributed by atoms with Crippen molar-refractivity contribution in [3.05, 3.63) is 53.3 Å². The van der Waals surface area contributed by atoms with Crippen molar-refractivity contribution >= 4 is 5.96 Å². The van der Waals surface area contributed by atoms with Gasteiger partial charge in [0, 0.05) is 39.9 Å². The van der Waals surface area contributed by atoms with Crippen LogP contribution in [0.4, 0.5) is 0 Å². The van der Waals surface area contributed by atoms with Crippen LogP contribution in [0.2, 0.25) is 0 Å². The Morgan fingerprint density at radius 3 is 2.86 bits per heavy atom. The summed E-state index contributed by atoms with van der Waals surface area (Å²) < 4.78 is 1.84. The fourth-order valence-corrected chi connectivity index (χ4v) is 2.93. The van der Waals surface area contributed by atoms with Gasteiger partial charge in [0.25, 0.3) is 0 Å². The average Bonchev–Trinajstić information content (AvgIpc) is 2.96. The molecule has 0 radical (unpaired) electrons. The summed E-state index contributed by atoms with van der Waals surface area (Å²) in [6, 6.07) is 8.67. The maximum Gasteiger partial charge on any atom is 0.193 e. The maximum absolute atomic E-state index is 4.43. The number of aryl methyl sites for hydroxylation is 1. The summed E-state index contributed by atoms with van der Waals surface area (Å²) >= 11 is 0. The van der Waals surface area contributed by atoms with Gasteiger partial charge in [0.1, 0.15) is 0 Å². The van der Waals surface area contributed by atoms with Gasteiger partial charge in [-0.15, -0.1) is 0 Å². The molecule has 0 fully saturated rings. The fourth-order valence-electron chi connectivity index (χ4n) is 2.93. The molecule has 3 rings (SSSR count). The molecule has 1 aliphatic rings. The summed E-state index contributed by atoms with van der Waals surface area (Å²) in [5, 5.41) is 7.66. The highest BCUT2D eigenvalue weighted by Gasteiger charge is 2.18. The van der Waals surface area contributed by atoms with Crippen LogP contribution in [0.15, 0.2) is 41.7 Å². The Hall–Kier alpha value is -2.30. The van der Waals surface area contributed by atoms with Crippen molar-refractivity contribution < 1.29 is 0 Å². The number of aromatic nitrogens is 2. The molecule has 0 spiro atoms. The SMILES string of the molecule is CN=C(NCCc1cnn(C)c1)N1CCc2ccccc2C1. The molecule has 0 saturated carbocycles. The van der Waals surface area contributed by atoms with E-state index >= 15 is 0 Å². The van der Waals surface area contributed by atoms with Gasteiger partial charge in [-0.1, -0.05) is 24.3 Å². The summed E-state index contributed by atoms with van der Waals surface area (Å²) in [5.41, 5.74) is 4.11. The zero-order chi connectivity index (χ0) is 15.4. The topological polar surface area (TPSA) is 45.5 Å². The zero-order valence-electron chi connectivity index (χ0n) is 13.3. The van der Waals surface area contributed by atoms with Crippen molar-refractivity contribution in [1.29, 1.82) is 0 Å². The van der Waals surface area contributed by atoms with Crippen LogP contribution in [0.5, 0.6) is 0 Å². The zero-order valence-corrected chi connectivity index (χ0v) is 13.3. The van der Waals surface area contributed by atoms with E-state index in [0.29, 0.717) is 0 Å². The first kappa shape index (κ1) is 14.6. The van der Waals surface area contributed by atoms with Gasteiger partial charge >= 0.3 is 0 Å². The van der Waals surface area contributed by atoms with E-state index in [1.807, 2.05) is 25.0 Å². The molecule has 0 amide bonds. The largest absolute Gasteiger partial charge is 0.356 e. The first-order valence-corrected chi connectivity index (χ1v) is 7.76. The van der Waals surface area contributed by atoms with E-state index in [1.165, 1.54) is 16.7 Å². The molecular formula is C17H23N5. The first-order valence-electron chi connectivity index (χ1n) is 7.76. The minimum absolute atomic E-state index is 0.872. The highest BCUT2D eigenvalue weighted by Crippen LogP contribution is 2.18. The molecule has 1 aromatic heterocycles. The second-order valence-electron chi connectivity index (χ2n) is 5.69. The number of rotatable bonds is 3. The minimum Gasteiger partial charge on any atom is -0.356 e. The number of hydrogen-bond acceptors (Lipinski definition) is 2. The first-order chi connectivity index (χ1) is 10.8. The molecule has 116 valence electrons. The van der Waals surface area contributed by atoms with E-state index < -0.39 is 0 Å².